The molecule has 0 amide bonds. The van der Waals surface area contributed by atoms with Crippen LogP contribution in [-0.2, 0) is 0 Å². The van der Waals surface area contributed by atoms with Crippen LogP contribution in [0.3, 0.4) is 0 Å². The van der Waals surface area contributed by atoms with Crippen molar-refractivity contribution in [2.45, 2.75) is 163 Å². The quantitative estimate of drug-likeness (QED) is 0.160. The molecule has 0 aliphatic rings. The van der Waals surface area contributed by atoms with Gasteiger partial charge in [-0.25, -0.2) is 0 Å². The number of hydrogen-bond acceptors (Lipinski definition) is 0. The molecule has 0 rings (SSSR count). The molecule has 0 fully saturated rings. The zero-order chi connectivity index (χ0) is 20.9. The first kappa shape index (κ1) is 28.0. The summed E-state index contributed by atoms with van der Waals surface area (Å²) in [4.78, 5) is 0. The molecule has 0 heteroatoms. The number of hydrogen-bond donors (Lipinski definition) is 0. The largest absolute Gasteiger partial charge is 0.0654 e. The van der Waals surface area contributed by atoms with E-state index in [0.717, 1.165) is 17.8 Å². The van der Waals surface area contributed by atoms with E-state index >= 15 is 0 Å². The summed E-state index contributed by atoms with van der Waals surface area (Å²) in [5, 5.41) is 0. The van der Waals surface area contributed by atoms with E-state index < -0.39 is 0 Å². The summed E-state index contributed by atoms with van der Waals surface area (Å²) in [7, 11) is 0. The Morgan fingerprint density at radius 1 is 0.357 bits per heavy atom. The highest BCUT2D eigenvalue weighted by molar-refractivity contribution is 4.62. The van der Waals surface area contributed by atoms with Crippen LogP contribution < -0.4 is 0 Å². The third-order valence-corrected chi connectivity index (χ3v) is 6.50. The van der Waals surface area contributed by atoms with Gasteiger partial charge in [0.1, 0.15) is 0 Å². The molecule has 0 aromatic rings. The molecule has 0 N–H and O–H groups in total. The smallest absolute Gasteiger partial charge is 0.0414 e. The fraction of sp³-hybridized carbons (Fsp3) is 1.00. The third-order valence-electron chi connectivity index (χ3n) is 6.50. The van der Waals surface area contributed by atoms with Crippen LogP contribution in [0.5, 0.6) is 0 Å². The van der Waals surface area contributed by atoms with Crippen molar-refractivity contribution in [1.29, 1.82) is 0 Å². The van der Waals surface area contributed by atoms with Gasteiger partial charge in [0.25, 0.3) is 0 Å². The lowest BCUT2D eigenvalue weighted by Crippen LogP contribution is -2.02. The molecule has 0 aromatic carbocycles. The van der Waals surface area contributed by atoms with Crippen molar-refractivity contribution in [3.63, 3.8) is 0 Å². The molecular formula is C28H58. The zero-order valence-corrected chi connectivity index (χ0v) is 20.9. The van der Waals surface area contributed by atoms with E-state index in [1.807, 2.05) is 0 Å². The molecule has 0 nitrogen and oxygen atoms in total. The first-order valence-corrected chi connectivity index (χ1v) is 13.6. The van der Waals surface area contributed by atoms with Gasteiger partial charge in [0.15, 0.2) is 0 Å². The van der Waals surface area contributed by atoms with Crippen LogP contribution >= 0.6 is 0 Å². The number of rotatable bonds is 22. The molecule has 0 saturated carbocycles. The first-order chi connectivity index (χ1) is 13.6. The Balaban J connectivity index is 3.81. The van der Waals surface area contributed by atoms with Crippen LogP contribution in [0.15, 0.2) is 0 Å². The van der Waals surface area contributed by atoms with Gasteiger partial charge in [-0.05, 0) is 17.8 Å². The van der Waals surface area contributed by atoms with Gasteiger partial charge in [-0.15, -0.1) is 0 Å². The predicted octanol–water partition coefficient (Wildman–Crippen LogP) is 10.7. The van der Waals surface area contributed by atoms with Crippen molar-refractivity contribution in [3.8, 4) is 0 Å². The SMILES string of the molecule is CCCCCCCC(CCCCCCCC(C)C)CCCCCCCC(C)C. The average Bonchev–Trinajstić information content (AvgIpc) is 2.65. The van der Waals surface area contributed by atoms with Crippen LogP contribution in [0.25, 0.3) is 0 Å². The fourth-order valence-corrected chi connectivity index (χ4v) is 4.50. The Kier molecular flexibility index (Phi) is 21.7. The highest BCUT2D eigenvalue weighted by Crippen LogP contribution is 2.25. The second kappa shape index (κ2) is 21.7. The molecule has 0 atom stereocenters. The van der Waals surface area contributed by atoms with Crippen molar-refractivity contribution in [2.75, 3.05) is 0 Å². The van der Waals surface area contributed by atoms with Gasteiger partial charge in [0.2, 0.25) is 0 Å². The van der Waals surface area contributed by atoms with E-state index in [1.165, 1.54) is 128 Å². The van der Waals surface area contributed by atoms with Gasteiger partial charge in [-0.3, -0.25) is 0 Å². The van der Waals surface area contributed by atoms with Gasteiger partial charge in [-0.2, -0.15) is 0 Å². The Bertz CT molecular complexity index is 256. The highest BCUT2D eigenvalue weighted by atomic mass is 14.1. The van der Waals surface area contributed by atoms with Crippen LogP contribution in [0.2, 0.25) is 0 Å². The molecule has 28 heavy (non-hydrogen) atoms. The molecule has 170 valence electrons. The Morgan fingerprint density at radius 2 is 0.643 bits per heavy atom. The van der Waals surface area contributed by atoms with Crippen molar-refractivity contribution in [3.05, 3.63) is 0 Å². The van der Waals surface area contributed by atoms with Crippen molar-refractivity contribution >= 4 is 0 Å². The van der Waals surface area contributed by atoms with E-state index in [-0.39, 0.29) is 0 Å². The first-order valence-electron chi connectivity index (χ1n) is 13.6. The predicted molar refractivity (Wildman–Crippen MR) is 131 cm³/mol. The maximum atomic E-state index is 2.36. The van der Waals surface area contributed by atoms with E-state index in [9.17, 15) is 0 Å². The Morgan fingerprint density at radius 3 is 0.964 bits per heavy atom. The molecule has 0 bridgehead atoms. The van der Waals surface area contributed by atoms with Gasteiger partial charge >= 0.3 is 0 Å². The molecule has 0 radical (unpaired) electrons. The summed E-state index contributed by atoms with van der Waals surface area (Å²) < 4.78 is 0. The monoisotopic (exact) mass is 394 g/mol. The summed E-state index contributed by atoms with van der Waals surface area (Å²) >= 11 is 0. The summed E-state index contributed by atoms with van der Waals surface area (Å²) in [6.07, 6.45) is 29.4. The highest BCUT2D eigenvalue weighted by Gasteiger charge is 2.09. The second-order valence-electron chi connectivity index (χ2n) is 10.5. The van der Waals surface area contributed by atoms with Crippen molar-refractivity contribution < 1.29 is 0 Å². The summed E-state index contributed by atoms with van der Waals surface area (Å²) in [6.45, 7) is 11.8. The molecule has 0 aliphatic heterocycles. The molecule has 0 spiro atoms. The van der Waals surface area contributed by atoms with Crippen molar-refractivity contribution in [2.24, 2.45) is 17.8 Å². The zero-order valence-electron chi connectivity index (χ0n) is 20.9. The summed E-state index contributed by atoms with van der Waals surface area (Å²) in [5.74, 6) is 2.82. The second-order valence-corrected chi connectivity index (χ2v) is 10.5. The minimum atomic E-state index is 0.891. The molecule has 0 unspecified atom stereocenters. The minimum Gasteiger partial charge on any atom is -0.0654 e. The lowest BCUT2D eigenvalue weighted by atomic mass is 9.89. The topological polar surface area (TPSA) is 0 Å². The van der Waals surface area contributed by atoms with E-state index in [1.54, 1.807) is 0 Å². The van der Waals surface area contributed by atoms with Crippen LogP contribution in [-0.4, -0.2) is 0 Å². The average molecular weight is 395 g/mol. The lowest BCUT2D eigenvalue weighted by molar-refractivity contribution is 0.364. The molecule has 0 heterocycles. The normalized spacial score (nSPS) is 12.0. The number of unbranched alkanes of at least 4 members (excludes halogenated alkanes) is 12. The Hall–Kier alpha value is 0. The fourth-order valence-electron chi connectivity index (χ4n) is 4.50. The third kappa shape index (κ3) is 22.3. The standard InChI is InChI=1S/C28H58/c1-6-7-8-11-18-23-28(24-19-14-9-12-16-21-26(2)3)25-20-15-10-13-17-22-27(4)5/h26-28H,6-25H2,1-5H3. The van der Waals surface area contributed by atoms with Crippen LogP contribution in [0, 0.1) is 17.8 Å². The molecule has 0 aromatic heterocycles. The van der Waals surface area contributed by atoms with Crippen LogP contribution in [0.4, 0.5) is 0 Å². The lowest BCUT2D eigenvalue weighted by Gasteiger charge is -2.17. The van der Waals surface area contributed by atoms with Gasteiger partial charge < -0.3 is 0 Å². The Labute approximate surface area is 181 Å². The van der Waals surface area contributed by atoms with Crippen LogP contribution in [0.1, 0.15) is 163 Å². The maximum absolute atomic E-state index is 2.36. The van der Waals surface area contributed by atoms with Gasteiger partial charge in [-0.1, -0.05) is 163 Å². The molecule has 0 aliphatic carbocycles. The summed E-state index contributed by atoms with van der Waals surface area (Å²) in [6, 6.07) is 0. The summed E-state index contributed by atoms with van der Waals surface area (Å²) in [5.41, 5.74) is 0. The minimum absolute atomic E-state index is 0.891. The van der Waals surface area contributed by atoms with E-state index in [4.69, 9.17) is 0 Å². The molecule has 0 saturated heterocycles. The van der Waals surface area contributed by atoms with Crippen molar-refractivity contribution in [1.82, 2.24) is 0 Å². The maximum Gasteiger partial charge on any atom is -0.0414 e. The van der Waals surface area contributed by atoms with Gasteiger partial charge in [0, 0.05) is 0 Å². The van der Waals surface area contributed by atoms with Gasteiger partial charge in [0.05, 0.1) is 0 Å². The van der Waals surface area contributed by atoms with E-state index in [0.29, 0.717) is 0 Å². The van der Waals surface area contributed by atoms with E-state index in [2.05, 4.69) is 34.6 Å². The molecular weight excluding hydrogens is 336 g/mol.